The van der Waals surface area contributed by atoms with E-state index in [9.17, 15) is 4.79 Å². The van der Waals surface area contributed by atoms with Gasteiger partial charge in [0.1, 0.15) is 17.1 Å². The number of rotatable bonds is 5. The first-order valence-corrected chi connectivity index (χ1v) is 8.95. The Kier molecular flexibility index (Phi) is 5.58. The fourth-order valence-electron chi connectivity index (χ4n) is 2.98. The molecule has 0 fully saturated rings. The lowest BCUT2D eigenvalue weighted by Gasteiger charge is -2.16. The van der Waals surface area contributed by atoms with Crippen LogP contribution in [0.4, 0.5) is 16.4 Å². The summed E-state index contributed by atoms with van der Waals surface area (Å²) >= 11 is 0. The summed E-state index contributed by atoms with van der Waals surface area (Å²) in [5.41, 5.74) is 9.82. The molecule has 0 radical (unpaired) electrons. The van der Waals surface area contributed by atoms with E-state index in [0.29, 0.717) is 11.0 Å². The fraction of sp³-hybridized carbons (Fsp3) is 0.300. The summed E-state index contributed by atoms with van der Waals surface area (Å²) in [6.07, 6.45) is -0.594. The van der Waals surface area contributed by atoms with Crippen molar-refractivity contribution in [2.45, 2.75) is 26.7 Å². The number of ether oxygens (including phenoxy) is 2. The first-order chi connectivity index (χ1) is 13.4. The largest absolute Gasteiger partial charge is 0.497 e. The molecule has 0 spiro atoms. The van der Waals surface area contributed by atoms with Gasteiger partial charge < -0.3 is 15.2 Å². The molecule has 1 aromatic carbocycles. The van der Waals surface area contributed by atoms with Gasteiger partial charge in [0.15, 0.2) is 5.82 Å². The van der Waals surface area contributed by atoms with Crippen LogP contribution >= 0.6 is 0 Å². The minimum Gasteiger partial charge on any atom is -0.497 e. The van der Waals surface area contributed by atoms with Crippen molar-refractivity contribution in [1.29, 1.82) is 0 Å². The van der Waals surface area contributed by atoms with Gasteiger partial charge in [0.05, 0.1) is 30.6 Å². The number of hydrogen-bond donors (Lipinski definition) is 2. The van der Waals surface area contributed by atoms with Gasteiger partial charge in [-0.1, -0.05) is 19.1 Å². The SMILES string of the molecule is CCOC(=O)Nc1cc2nc(C)c(C(C)c3ccc(OC)cc3)nc2c(N)n1. The fourth-order valence-corrected chi connectivity index (χ4v) is 2.98. The number of fused-ring (bicyclic) bond motifs is 1. The van der Waals surface area contributed by atoms with Crippen LogP contribution in [0.1, 0.15) is 36.7 Å². The molecule has 2 aromatic heterocycles. The maximum atomic E-state index is 11.6. The van der Waals surface area contributed by atoms with Crippen LogP contribution in [0.5, 0.6) is 5.75 Å². The van der Waals surface area contributed by atoms with Gasteiger partial charge in [-0.2, -0.15) is 0 Å². The first kappa shape index (κ1) is 19.3. The number of aromatic nitrogens is 3. The quantitative estimate of drug-likeness (QED) is 0.694. The highest BCUT2D eigenvalue weighted by Crippen LogP contribution is 2.29. The topological polar surface area (TPSA) is 112 Å². The lowest BCUT2D eigenvalue weighted by atomic mass is 9.96. The van der Waals surface area contributed by atoms with Crippen molar-refractivity contribution in [3.63, 3.8) is 0 Å². The third-order valence-corrected chi connectivity index (χ3v) is 4.42. The summed E-state index contributed by atoms with van der Waals surface area (Å²) in [7, 11) is 1.64. The van der Waals surface area contributed by atoms with Crippen LogP contribution in [0.25, 0.3) is 11.0 Å². The number of carbonyl (C=O) groups is 1. The average Bonchev–Trinajstić information content (AvgIpc) is 2.67. The van der Waals surface area contributed by atoms with Gasteiger partial charge in [-0.05, 0) is 31.5 Å². The summed E-state index contributed by atoms with van der Waals surface area (Å²) in [5.74, 6) is 1.28. The molecule has 146 valence electrons. The van der Waals surface area contributed by atoms with Gasteiger partial charge in [0.2, 0.25) is 0 Å². The standard InChI is InChI=1S/C20H23N5O3/c1-5-28-20(26)24-16-10-15-18(19(21)23-16)25-17(12(3)22-15)11(2)13-6-8-14(27-4)9-7-13/h6-11H,5H2,1-4H3,(H3,21,23,24,26). The number of carbonyl (C=O) groups excluding carboxylic acids is 1. The van der Waals surface area contributed by atoms with E-state index in [1.54, 1.807) is 20.1 Å². The van der Waals surface area contributed by atoms with Crippen molar-refractivity contribution in [1.82, 2.24) is 15.0 Å². The summed E-state index contributed by atoms with van der Waals surface area (Å²) < 4.78 is 10.1. The summed E-state index contributed by atoms with van der Waals surface area (Å²) in [6, 6.07) is 9.47. The highest BCUT2D eigenvalue weighted by atomic mass is 16.5. The number of nitrogens with one attached hydrogen (secondary N) is 1. The highest BCUT2D eigenvalue weighted by Gasteiger charge is 2.17. The Balaban J connectivity index is 1.97. The number of anilines is 2. The number of aryl methyl sites for hydroxylation is 1. The molecule has 0 aliphatic heterocycles. The second-order valence-corrected chi connectivity index (χ2v) is 6.30. The van der Waals surface area contributed by atoms with E-state index < -0.39 is 6.09 Å². The number of benzene rings is 1. The molecule has 0 aliphatic rings. The van der Waals surface area contributed by atoms with E-state index >= 15 is 0 Å². The maximum absolute atomic E-state index is 11.6. The molecule has 3 N–H and O–H groups in total. The summed E-state index contributed by atoms with van der Waals surface area (Å²) in [5, 5.41) is 2.54. The molecule has 1 amide bonds. The Hall–Kier alpha value is -3.42. The van der Waals surface area contributed by atoms with Crippen LogP contribution in [-0.2, 0) is 4.74 Å². The van der Waals surface area contributed by atoms with Crippen molar-refractivity contribution >= 4 is 28.8 Å². The van der Waals surface area contributed by atoms with Gasteiger partial charge in [-0.3, -0.25) is 5.32 Å². The number of amides is 1. The van der Waals surface area contributed by atoms with E-state index in [1.807, 2.05) is 31.2 Å². The Morgan fingerprint density at radius 3 is 2.57 bits per heavy atom. The van der Waals surface area contributed by atoms with Crippen LogP contribution < -0.4 is 15.8 Å². The minimum absolute atomic E-state index is 0.0135. The Morgan fingerprint density at radius 2 is 1.93 bits per heavy atom. The molecule has 1 atom stereocenters. The Bertz CT molecular complexity index is 1000. The molecule has 3 rings (SSSR count). The number of pyridine rings is 1. The zero-order chi connectivity index (χ0) is 20.3. The van der Waals surface area contributed by atoms with Crippen molar-refractivity contribution < 1.29 is 14.3 Å². The number of nitrogen functional groups attached to an aromatic ring is 1. The summed E-state index contributed by atoms with van der Waals surface area (Å²) in [4.78, 5) is 25.2. The van der Waals surface area contributed by atoms with Crippen molar-refractivity contribution in [3.8, 4) is 5.75 Å². The molecule has 3 aromatic rings. The number of nitrogens with two attached hydrogens (primary N) is 1. The second-order valence-electron chi connectivity index (χ2n) is 6.30. The molecule has 2 heterocycles. The normalized spacial score (nSPS) is 11.9. The number of nitrogens with zero attached hydrogens (tertiary/aromatic N) is 3. The molecular formula is C20H23N5O3. The van der Waals surface area contributed by atoms with E-state index in [4.69, 9.17) is 20.2 Å². The Morgan fingerprint density at radius 1 is 1.21 bits per heavy atom. The van der Waals surface area contributed by atoms with Crippen molar-refractivity contribution in [2.24, 2.45) is 0 Å². The smallest absolute Gasteiger partial charge is 0.412 e. The van der Waals surface area contributed by atoms with Crippen LogP contribution in [0.3, 0.4) is 0 Å². The van der Waals surface area contributed by atoms with Crippen molar-refractivity contribution in [2.75, 3.05) is 24.8 Å². The van der Waals surface area contributed by atoms with Gasteiger partial charge in [0.25, 0.3) is 0 Å². The monoisotopic (exact) mass is 381 g/mol. The van der Waals surface area contributed by atoms with E-state index in [2.05, 4.69) is 22.2 Å². The average molecular weight is 381 g/mol. The first-order valence-electron chi connectivity index (χ1n) is 8.95. The molecule has 0 saturated carbocycles. The van der Waals surface area contributed by atoms with E-state index in [1.165, 1.54) is 0 Å². The summed E-state index contributed by atoms with van der Waals surface area (Å²) in [6.45, 7) is 5.95. The van der Waals surface area contributed by atoms with Gasteiger partial charge in [-0.25, -0.2) is 19.7 Å². The third kappa shape index (κ3) is 3.95. The molecule has 8 nitrogen and oxygen atoms in total. The third-order valence-electron chi connectivity index (χ3n) is 4.42. The molecule has 0 bridgehead atoms. The van der Waals surface area contributed by atoms with Gasteiger partial charge >= 0.3 is 6.09 Å². The Labute approximate surface area is 163 Å². The zero-order valence-electron chi connectivity index (χ0n) is 16.3. The van der Waals surface area contributed by atoms with Crippen molar-refractivity contribution in [3.05, 3.63) is 47.3 Å². The number of methoxy groups -OCH3 is 1. The molecule has 8 heteroatoms. The zero-order valence-corrected chi connectivity index (χ0v) is 16.3. The molecular weight excluding hydrogens is 358 g/mol. The van der Waals surface area contributed by atoms with Crippen LogP contribution in [0.15, 0.2) is 30.3 Å². The molecule has 28 heavy (non-hydrogen) atoms. The molecule has 0 aliphatic carbocycles. The van der Waals surface area contributed by atoms with Gasteiger partial charge in [0, 0.05) is 12.0 Å². The van der Waals surface area contributed by atoms with Crippen LogP contribution in [-0.4, -0.2) is 34.8 Å². The van der Waals surface area contributed by atoms with E-state index in [-0.39, 0.29) is 24.2 Å². The molecule has 0 saturated heterocycles. The van der Waals surface area contributed by atoms with Crippen LogP contribution in [0.2, 0.25) is 0 Å². The number of hydrogen-bond acceptors (Lipinski definition) is 7. The highest BCUT2D eigenvalue weighted by molar-refractivity contribution is 5.91. The van der Waals surface area contributed by atoms with Gasteiger partial charge in [-0.15, -0.1) is 0 Å². The predicted molar refractivity (Wildman–Crippen MR) is 108 cm³/mol. The lowest BCUT2D eigenvalue weighted by Crippen LogP contribution is -2.15. The lowest BCUT2D eigenvalue weighted by molar-refractivity contribution is 0.168. The van der Waals surface area contributed by atoms with E-state index in [0.717, 1.165) is 22.7 Å². The molecule has 1 unspecified atom stereocenters. The van der Waals surface area contributed by atoms with Crippen LogP contribution in [0, 0.1) is 6.92 Å². The maximum Gasteiger partial charge on any atom is 0.412 e. The predicted octanol–water partition coefficient (Wildman–Crippen LogP) is 3.64. The minimum atomic E-state index is -0.594. The second kappa shape index (κ2) is 8.08.